The maximum absolute atomic E-state index is 13.2. The van der Waals surface area contributed by atoms with E-state index in [1.165, 1.54) is 16.8 Å². The second-order valence-corrected chi connectivity index (χ2v) is 3.81. The van der Waals surface area contributed by atoms with Crippen molar-refractivity contribution in [3.05, 3.63) is 45.9 Å². The molecular formula is C12H10FN3O3. The maximum atomic E-state index is 13.2. The Hall–Kier alpha value is -2.57. The van der Waals surface area contributed by atoms with E-state index >= 15 is 0 Å². The van der Waals surface area contributed by atoms with Gasteiger partial charge >= 0.3 is 5.69 Å². The third kappa shape index (κ3) is 2.35. The zero-order valence-corrected chi connectivity index (χ0v) is 10.0. The quantitative estimate of drug-likeness (QED) is 0.482. The van der Waals surface area contributed by atoms with Gasteiger partial charge < -0.3 is 0 Å². The number of nitro groups is 1. The Labute approximate surface area is 107 Å². The standard InChI is InChI=1S/C12H10FN3O3/c1-2-15-9(7-17)6-11(14-15)8-3-4-10(13)12(5-8)16(18)19/h3-7H,2H2,1H3. The van der Waals surface area contributed by atoms with Crippen LogP contribution in [0.25, 0.3) is 11.3 Å². The average Bonchev–Trinajstić information content (AvgIpc) is 2.82. The van der Waals surface area contributed by atoms with Crippen LogP contribution >= 0.6 is 0 Å². The molecule has 0 saturated carbocycles. The number of rotatable bonds is 4. The molecular weight excluding hydrogens is 253 g/mol. The molecule has 98 valence electrons. The molecule has 0 aliphatic carbocycles. The minimum atomic E-state index is -0.903. The zero-order valence-electron chi connectivity index (χ0n) is 10.0. The number of nitrogens with zero attached hydrogens (tertiary/aromatic N) is 3. The molecule has 1 heterocycles. The van der Waals surface area contributed by atoms with Gasteiger partial charge in [0.1, 0.15) is 5.69 Å². The number of aryl methyl sites for hydroxylation is 1. The van der Waals surface area contributed by atoms with E-state index < -0.39 is 16.4 Å². The molecule has 0 spiro atoms. The van der Waals surface area contributed by atoms with Crippen molar-refractivity contribution in [2.45, 2.75) is 13.5 Å². The fourth-order valence-electron chi connectivity index (χ4n) is 1.73. The molecule has 0 bridgehead atoms. The predicted octanol–water partition coefficient (Wildman–Crippen LogP) is 2.43. The summed E-state index contributed by atoms with van der Waals surface area (Å²) in [5, 5.41) is 14.8. The first-order valence-corrected chi connectivity index (χ1v) is 5.54. The molecule has 1 aromatic carbocycles. The maximum Gasteiger partial charge on any atom is 0.305 e. The van der Waals surface area contributed by atoms with Crippen LogP contribution in [0.5, 0.6) is 0 Å². The number of carbonyl (C=O) groups excluding carboxylic acids is 1. The van der Waals surface area contributed by atoms with Crippen LogP contribution in [0.4, 0.5) is 10.1 Å². The molecule has 7 heteroatoms. The number of nitro benzene ring substituents is 1. The summed E-state index contributed by atoms with van der Waals surface area (Å²) in [7, 11) is 0. The first kappa shape index (κ1) is 12.9. The molecule has 6 nitrogen and oxygen atoms in total. The lowest BCUT2D eigenvalue weighted by molar-refractivity contribution is -0.387. The molecule has 0 atom stereocenters. The Morgan fingerprint density at radius 1 is 1.47 bits per heavy atom. The molecule has 0 saturated heterocycles. The summed E-state index contributed by atoms with van der Waals surface area (Å²) in [6.07, 6.45) is 0.651. The number of aromatic nitrogens is 2. The minimum absolute atomic E-state index is 0.365. The van der Waals surface area contributed by atoms with Gasteiger partial charge in [-0.25, -0.2) is 0 Å². The highest BCUT2D eigenvalue weighted by atomic mass is 19.1. The fourth-order valence-corrected chi connectivity index (χ4v) is 1.73. The third-order valence-electron chi connectivity index (χ3n) is 2.67. The normalized spacial score (nSPS) is 10.4. The lowest BCUT2D eigenvalue weighted by atomic mass is 10.1. The van der Waals surface area contributed by atoms with Crippen molar-refractivity contribution >= 4 is 12.0 Å². The smallest absolute Gasteiger partial charge is 0.296 e. The van der Waals surface area contributed by atoms with Crippen LogP contribution in [0.1, 0.15) is 17.4 Å². The van der Waals surface area contributed by atoms with Crippen molar-refractivity contribution in [3.8, 4) is 11.3 Å². The van der Waals surface area contributed by atoms with Crippen molar-refractivity contribution in [2.24, 2.45) is 0 Å². The van der Waals surface area contributed by atoms with Gasteiger partial charge in [0.25, 0.3) is 0 Å². The fraction of sp³-hybridized carbons (Fsp3) is 0.167. The predicted molar refractivity (Wildman–Crippen MR) is 65.3 cm³/mol. The van der Waals surface area contributed by atoms with Crippen molar-refractivity contribution < 1.29 is 14.1 Å². The highest BCUT2D eigenvalue weighted by Crippen LogP contribution is 2.25. The first-order valence-electron chi connectivity index (χ1n) is 5.54. The Balaban J connectivity index is 2.53. The van der Waals surface area contributed by atoms with Crippen LogP contribution < -0.4 is 0 Å². The van der Waals surface area contributed by atoms with Crippen molar-refractivity contribution in [1.29, 1.82) is 0 Å². The van der Waals surface area contributed by atoms with E-state index in [-0.39, 0.29) is 0 Å². The largest absolute Gasteiger partial charge is 0.305 e. The highest BCUT2D eigenvalue weighted by molar-refractivity contribution is 5.76. The monoisotopic (exact) mass is 263 g/mol. The van der Waals surface area contributed by atoms with Crippen molar-refractivity contribution in [3.63, 3.8) is 0 Å². The van der Waals surface area contributed by atoms with Gasteiger partial charge in [-0.15, -0.1) is 0 Å². The van der Waals surface area contributed by atoms with Gasteiger partial charge in [0, 0.05) is 18.2 Å². The molecule has 1 aromatic heterocycles. The van der Waals surface area contributed by atoms with Crippen molar-refractivity contribution in [1.82, 2.24) is 9.78 Å². The van der Waals surface area contributed by atoms with E-state index in [1.807, 2.05) is 6.92 Å². The Morgan fingerprint density at radius 2 is 2.21 bits per heavy atom. The zero-order chi connectivity index (χ0) is 14.0. The van der Waals surface area contributed by atoms with Gasteiger partial charge in [-0.1, -0.05) is 0 Å². The summed E-state index contributed by atoms with van der Waals surface area (Å²) in [6.45, 7) is 2.31. The SMILES string of the molecule is CCn1nc(-c2ccc(F)c([N+](=O)[O-])c2)cc1C=O. The first-order chi connectivity index (χ1) is 9.06. The van der Waals surface area contributed by atoms with Gasteiger partial charge in [-0.3, -0.25) is 19.6 Å². The van der Waals surface area contributed by atoms with Crippen LogP contribution in [0, 0.1) is 15.9 Å². The van der Waals surface area contributed by atoms with E-state index in [0.29, 0.717) is 29.8 Å². The minimum Gasteiger partial charge on any atom is -0.296 e. The number of aldehydes is 1. The van der Waals surface area contributed by atoms with Gasteiger partial charge in [0.05, 0.1) is 10.6 Å². The Kier molecular flexibility index (Phi) is 3.37. The summed E-state index contributed by atoms with van der Waals surface area (Å²) < 4.78 is 14.7. The second-order valence-electron chi connectivity index (χ2n) is 3.81. The highest BCUT2D eigenvalue weighted by Gasteiger charge is 2.17. The molecule has 2 aromatic rings. The lowest BCUT2D eigenvalue weighted by Crippen LogP contribution is -2.01. The van der Waals surface area contributed by atoms with E-state index in [4.69, 9.17) is 0 Å². The molecule has 0 fully saturated rings. The van der Waals surface area contributed by atoms with Crippen LogP contribution in [-0.2, 0) is 6.54 Å². The van der Waals surface area contributed by atoms with Crippen LogP contribution in [0.3, 0.4) is 0 Å². The topological polar surface area (TPSA) is 78.0 Å². The lowest BCUT2D eigenvalue weighted by Gasteiger charge is -1.99. The van der Waals surface area contributed by atoms with E-state index in [9.17, 15) is 19.3 Å². The molecule has 0 aliphatic rings. The Morgan fingerprint density at radius 3 is 2.74 bits per heavy atom. The van der Waals surface area contributed by atoms with Crippen LogP contribution in [-0.4, -0.2) is 21.0 Å². The van der Waals surface area contributed by atoms with Gasteiger partial charge in [-0.05, 0) is 25.1 Å². The van der Waals surface area contributed by atoms with Crippen LogP contribution in [0.2, 0.25) is 0 Å². The molecule has 19 heavy (non-hydrogen) atoms. The van der Waals surface area contributed by atoms with Gasteiger partial charge in [0.2, 0.25) is 5.82 Å². The van der Waals surface area contributed by atoms with Gasteiger partial charge in [0.15, 0.2) is 6.29 Å². The summed E-state index contributed by atoms with van der Waals surface area (Å²) >= 11 is 0. The number of halogens is 1. The molecule has 0 radical (unpaired) electrons. The number of hydrogen-bond acceptors (Lipinski definition) is 4. The second kappa shape index (κ2) is 4.97. The van der Waals surface area contributed by atoms with E-state index in [2.05, 4.69) is 5.10 Å². The summed E-state index contributed by atoms with van der Waals surface area (Å²) in [4.78, 5) is 20.7. The molecule has 0 aliphatic heterocycles. The molecule has 0 amide bonds. The number of hydrogen-bond donors (Lipinski definition) is 0. The third-order valence-corrected chi connectivity index (χ3v) is 2.67. The summed E-state index contributed by atoms with van der Waals surface area (Å²) in [6, 6.07) is 5.01. The van der Waals surface area contributed by atoms with E-state index in [0.717, 1.165) is 12.1 Å². The summed E-state index contributed by atoms with van der Waals surface area (Å²) in [5.41, 5.74) is 0.538. The molecule has 0 unspecified atom stereocenters. The average molecular weight is 263 g/mol. The Bertz CT molecular complexity index is 652. The van der Waals surface area contributed by atoms with Crippen molar-refractivity contribution in [2.75, 3.05) is 0 Å². The molecule has 2 rings (SSSR count). The summed E-state index contributed by atoms with van der Waals surface area (Å²) in [5.74, 6) is -0.903. The van der Waals surface area contributed by atoms with Gasteiger partial charge in [-0.2, -0.15) is 9.49 Å². The number of carbonyl (C=O) groups is 1. The van der Waals surface area contributed by atoms with E-state index in [1.54, 1.807) is 0 Å². The van der Waals surface area contributed by atoms with Crippen LogP contribution in [0.15, 0.2) is 24.3 Å². The number of benzene rings is 1. The molecule has 0 N–H and O–H groups in total.